The van der Waals surface area contributed by atoms with Crippen LogP contribution in [0.3, 0.4) is 0 Å². The zero-order valence-corrected chi connectivity index (χ0v) is 14.3. The average molecular weight is 357 g/mol. The Bertz CT molecular complexity index is 595. The van der Waals surface area contributed by atoms with Gasteiger partial charge < -0.3 is 5.32 Å². The number of nitrogens with zero attached hydrogens (tertiary/aromatic N) is 2. The van der Waals surface area contributed by atoms with Crippen molar-refractivity contribution >= 4 is 27.5 Å². The summed E-state index contributed by atoms with van der Waals surface area (Å²) in [6, 6.07) is 8.48. The molecule has 0 fully saturated rings. The highest BCUT2D eigenvalue weighted by molar-refractivity contribution is 9.10. The van der Waals surface area contributed by atoms with Gasteiger partial charge in [-0.25, -0.2) is 0 Å². The summed E-state index contributed by atoms with van der Waals surface area (Å²) in [7, 11) is 3.97. The largest absolute Gasteiger partial charge is 0.313 e. The predicted octanol–water partition coefficient (Wildman–Crippen LogP) is 3.90. The zero-order chi connectivity index (χ0) is 14.7. The molecule has 0 bridgehead atoms. The number of hydrogen-bond acceptors (Lipinski definition) is 2. The Kier molecular flexibility index (Phi) is 5.24. The summed E-state index contributed by atoms with van der Waals surface area (Å²) in [5.74, 6) is 0. The highest BCUT2D eigenvalue weighted by atomic mass is 79.9. The Morgan fingerprint density at radius 1 is 1.40 bits per heavy atom. The lowest BCUT2D eigenvalue weighted by Gasteiger charge is -2.17. The molecule has 0 saturated carbocycles. The number of hydrogen-bond donors (Lipinski definition) is 1. The van der Waals surface area contributed by atoms with Gasteiger partial charge in [-0.2, -0.15) is 5.10 Å². The number of aromatic nitrogens is 2. The Balaban J connectivity index is 2.23. The lowest BCUT2D eigenvalue weighted by Crippen LogP contribution is -2.20. The van der Waals surface area contributed by atoms with Crippen molar-refractivity contribution in [3.05, 3.63) is 50.7 Å². The van der Waals surface area contributed by atoms with Gasteiger partial charge >= 0.3 is 0 Å². The molecule has 3 nitrogen and oxygen atoms in total. The van der Waals surface area contributed by atoms with Crippen LogP contribution in [0.1, 0.15) is 29.9 Å². The molecule has 0 spiro atoms. The van der Waals surface area contributed by atoms with Gasteiger partial charge in [0.15, 0.2) is 0 Å². The molecular weight excluding hydrogens is 338 g/mol. The predicted molar refractivity (Wildman–Crippen MR) is 87.2 cm³/mol. The van der Waals surface area contributed by atoms with Crippen molar-refractivity contribution in [2.75, 3.05) is 7.05 Å². The van der Waals surface area contributed by atoms with Crippen molar-refractivity contribution < 1.29 is 0 Å². The number of halogens is 2. The molecule has 108 valence electrons. The monoisotopic (exact) mass is 355 g/mol. The third kappa shape index (κ3) is 3.43. The van der Waals surface area contributed by atoms with Gasteiger partial charge in [-0.1, -0.05) is 24.6 Å². The normalized spacial score (nSPS) is 12.7. The summed E-state index contributed by atoms with van der Waals surface area (Å²) in [6.07, 6.45) is 1.85. The lowest BCUT2D eigenvalue weighted by molar-refractivity contribution is 0.561. The first-order valence-corrected chi connectivity index (χ1v) is 7.86. The minimum Gasteiger partial charge on any atom is -0.313 e. The molecule has 5 heteroatoms. The van der Waals surface area contributed by atoms with Crippen LogP contribution in [-0.4, -0.2) is 16.8 Å². The smallest absolute Gasteiger partial charge is 0.0624 e. The Morgan fingerprint density at radius 3 is 2.70 bits per heavy atom. The van der Waals surface area contributed by atoms with Crippen LogP contribution in [-0.2, 0) is 19.9 Å². The maximum Gasteiger partial charge on any atom is 0.0624 e. The van der Waals surface area contributed by atoms with Crippen molar-refractivity contribution in [1.82, 2.24) is 15.1 Å². The van der Waals surface area contributed by atoms with E-state index in [0.717, 1.165) is 28.0 Å². The summed E-state index contributed by atoms with van der Waals surface area (Å²) in [4.78, 5) is 0. The molecule has 1 unspecified atom stereocenters. The fourth-order valence-corrected chi connectivity index (χ4v) is 2.70. The standard InChI is InChI=1S/C15H19BrClN3/c1-4-11-8-12(20(3)19-11)9-15(18-2)10-5-6-13(16)14(17)7-10/h5-8,15,18H,4,9H2,1-3H3. The summed E-state index contributed by atoms with van der Waals surface area (Å²) in [6.45, 7) is 2.12. The first kappa shape index (κ1) is 15.5. The highest BCUT2D eigenvalue weighted by Gasteiger charge is 2.14. The molecule has 1 N–H and O–H groups in total. The van der Waals surface area contributed by atoms with E-state index in [1.54, 1.807) is 0 Å². The fourth-order valence-electron chi connectivity index (χ4n) is 2.26. The molecule has 1 heterocycles. The van der Waals surface area contributed by atoms with Crippen LogP contribution in [0.25, 0.3) is 0 Å². The molecule has 20 heavy (non-hydrogen) atoms. The zero-order valence-electron chi connectivity index (χ0n) is 12.0. The quantitative estimate of drug-likeness (QED) is 0.880. The van der Waals surface area contributed by atoms with Crippen LogP contribution in [0, 0.1) is 0 Å². The molecule has 1 aromatic heterocycles. The van der Waals surface area contributed by atoms with Gasteiger partial charge in [0.2, 0.25) is 0 Å². The van der Waals surface area contributed by atoms with Gasteiger partial charge in [0.05, 0.1) is 10.7 Å². The van der Waals surface area contributed by atoms with Crippen LogP contribution >= 0.6 is 27.5 Å². The van der Waals surface area contributed by atoms with Gasteiger partial charge in [0, 0.05) is 29.7 Å². The summed E-state index contributed by atoms with van der Waals surface area (Å²) in [5.41, 5.74) is 3.53. The SMILES string of the molecule is CCc1cc(CC(NC)c2ccc(Br)c(Cl)c2)n(C)n1. The van der Waals surface area contributed by atoms with Crippen molar-refractivity contribution in [2.45, 2.75) is 25.8 Å². The molecule has 1 atom stereocenters. The highest BCUT2D eigenvalue weighted by Crippen LogP contribution is 2.27. The minimum atomic E-state index is 0.223. The first-order valence-electron chi connectivity index (χ1n) is 6.69. The maximum absolute atomic E-state index is 6.18. The minimum absolute atomic E-state index is 0.223. The molecule has 0 saturated heterocycles. The van der Waals surface area contributed by atoms with E-state index in [1.165, 1.54) is 11.3 Å². The number of likely N-dealkylation sites (N-methyl/N-ethyl adjacent to an activating group) is 1. The van der Waals surface area contributed by atoms with E-state index in [1.807, 2.05) is 30.9 Å². The van der Waals surface area contributed by atoms with Crippen LogP contribution in [0.5, 0.6) is 0 Å². The number of aryl methyl sites for hydroxylation is 2. The lowest BCUT2D eigenvalue weighted by atomic mass is 10.0. The van der Waals surface area contributed by atoms with Gasteiger partial charge in [-0.05, 0) is 53.2 Å². The van der Waals surface area contributed by atoms with Crippen molar-refractivity contribution in [1.29, 1.82) is 0 Å². The van der Waals surface area contributed by atoms with E-state index in [9.17, 15) is 0 Å². The molecule has 2 rings (SSSR count). The number of benzene rings is 1. The van der Waals surface area contributed by atoms with E-state index >= 15 is 0 Å². The van der Waals surface area contributed by atoms with E-state index in [4.69, 9.17) is 11.6 Å². The Labute approximate surface area is 133 Å². The van der Waals surface area contributed by atoms with Crippen LogP contribution < -0.4 is 5.32 Å². The maximum atomic E-state index is 6.18. The van der Waals surface area contributed by atoms with Crippen LogP contribution in [0.4, 0.5) is 0 Å². The second-order valence-electron chi connectivity index (χ2n) is 4.82. The average Bonchev–Trinajstić information content (AvgIpc) is 2.80. The molecule has 0 aliphatic heterocycles. The second kappa shape index (κ2) is 6.74. The molecule has 1 aromatic carbocycles. The van der Waals surface area contributed by atoms with Gasteiger partial charge in [0.1, 0.15) is 0 Å². The third-order valence-electron chi connectivity index (χ3n) is 3.50. The van der Waals surface area contributed by atoms with Gasteiger partial charge in [0.25, 0.3) is 0 Å². The van der Waals surface area contributed by atoms with Crippen molar-refractivity contribution in [2.24, 2.45) is 7.05 Å². The third-order valence-corrected chi connectivity index (χ3v) is 4.73. The second-order valence-corrected chi connectivity index (χ2v) is 6.08. The van der Waals surface area contributed by atoms with Gasteiger partial charge in [-0.15, -0.1) is 0 Å². The fraction of sp³-hybridized carbons (Fsp3) is 0.400. The molecule has 0 aliphatic rings. The summed E-state index contributed by atoms with van der Waals surface area (Å²) in [5, 5.41) is 8.59. The number of nitrogens with one attached hydrogen (secondary N) is 1. The van der Waals surface area contributed by atoms with E-state index in [2.05, 4.69) is 45.4 Å². The molecule has 0 radical (unpaired) electrons. The van der Waals surface area contributed by atoms with Crippen molar-refractivity contribution in [3.8, 4) is 0 Å². The Morgan fingerprint density at radius 2 is 2.15 bits per heavy atom. The Hall–Kier alpha value is -0.840. The van der Waals surface area contributed by atoms with E-state index in [0.29, 0.717) is 0 Å². The molecule has 2 aromatic rings. The first-order chi connectivity index (χ1) is 9.55. The molecule has 0 amide bonds. The summed E-state index contributed by atoms with van der Waals surface area (Å²) >= 11 is 9.61. The summed E-state index contributed by atoms with van der Waals surface area (Å²) < 4.78 is 2.88. The topological polar surface area (TPSA) is 29.9 Å². The van der Waals surface area contributed by atoms with Gasteiger partial charge in [-0.3, -0.25) is 4.68 Å². The molecular formula is C15H19BrClN3. The van der Waals surface area contributed by atoms with Crippen molar-refractivity contribution in [3.63, 3.8) is 0 Å². The van der Waals surface area contributed by atoms with Crippen LogP contribution in [0.2, 0.25) is 5.02 Å². The number of rotatable bonds is 5. The van der Waals surface area contributed by atoms with E-state index in [-0.39, 0.29) is 6.04 Å². The van der Waals surface area contributed by atoms with E-state index < -0.39 is 0 Å². The molecule has 0 aliphatic carbocycles. The van der Waals surface area contributed by atoms with Crippen LogP contribution in [0.15, 0.2) is 28.7 Å².